The fourth-order valence-corrected chi connectivity index (χ4v) is 1.61. The Balaban J connectivity index is 2.27. The van der Waals surface area contributed by atoms with Crippen molar-refractivity contribution >= 4 is 34.7 Å². The van der Waals surface area contributed by atoms with Crippen molar-refractivity contribution in [2.24, 2.45) is 0 Å². The smallest absolute Gasteiger partial charge is 0.250 e. The van der Waals surface area contributed by atoms with Gasteiger partial charge in [0.05, 0.1) is 17.6 Å². The van der Waals surface area contributed by atoms with Gasteiger partial charge in [0.25, 0.3) is 5.91 Å². The van der Waals surface area contributed by atoms with Gasteiger partial charge >= 0.3 is 0 Å². The first-order chi connectivity index (χ1) is 9.58. The maximum Gasteiger partial charge on any atom is 0.250 e. The van der Waals surface area contributed by atoms with Crippen LogP contribution in [0.3, 0.4) is 0 Å². The molecule has 0 aliphatic heterocycles. The van der Waals surface area contributed by atoms with E-state index in [1.807, 2.05) is 18.2 Å². The van der Waals surface area contributed by atoms with Crippen LogP contribution in [0.15, 0.2) is 48.9 Å². The third kappa shape index (κ3) is 3.33. The number of anilines is 3. The second-order valence-corrected chi connectivity index (χ2v) is 4.53. The maximum atomic E-state index is 11.7. The molecule has 6 heteroatoms. The highest BCUT2D eigenvalue weighted by Gasteiger charge is 2.09. The number of halogens is 1. The first-order valence-electron chi connectivity index (χ1n) is 5.86. The molecule has 2 N–H and O–H groups in total. The van der Waals surface area contributed by atoms with Crippen LogP contribution < -0.4 is 10.6 Å². The van der Waals surface area contributed by atoms with Gasteiger partial charge in [-0.25, -0.2) is 9.97 Å². The van der Waals surface area contributed by atoms with Gasteiger partial charge in [-0.05, 0) is 19.1 Å². The Hall–Kier alpha value is -2.40. The number of carbonyl (C=O) groups is 1. The molecule has 0 aliphatic rings. The molecule has 2 rings (SSSR count). The number of aromatic nitrogens is 2. The van der Waals surface area contributed by atoms with E-state index < -0.39 is 0 Å². The number of nitrogens with one attached hydrogen (secondary N) is 2. The second kappa shape index (κ2) is 6.16. The van der Waals surface area contributed by atoms with Crippen molar-refractivity contribution in [3.05, 3.63) is 54.0 Å². The van der Waals surface area contributed by atoms with Crippen molar-refractivity contribution in [3.8, 4) is 0 Å². The topological polar surface area (TPSA) is 66.9 Å². The lowest BCUT2D eigenvalue weighted by atomic mass is 10.2. The number of hydrogen-bond acceptors (Lipinski definition) is 4. The number of nitrogens with zero attached hydrogens (tertiary/aromatic N) is 2. The second-order valence-electron chi connectivity index (χ2n) is 4.12. The third-order valence-corrected chi connectivity index (χ3v) is 2.76. The minimum Gasteiger partial charge on any atom is -0.337 e. The van der Waals surface area contributed by atoms with E-state index in [4.69, 9.17) is 11.6 Å². The molecule has 1 aromatic heterocycles. The Morgan fingerprint density at radius 3 is 2.65 bits per heavy atom. The summed E-state index contributed by atoms with van der Waals surface area (Å²) >= 11 is 5.99. The molecule has 1 heterocycles. The summed E-state index contributed by atoms with van der Waals surface area (Å²) in [7, 11) is 0. The van der Waals surface area contributed by atoms with Crippen LogP contribution in [0.25, 0.3) is 0 Å². The predicted octanol–water partition coefficient (Wildman–Crippen LogP) is 3.39. The highest BCUT2D eigenvalue weighted by molar-refractivity contribution is 6.32. The summed E-state index contributed by atoms with van der Waals surface area (Å²) in [5.41, 5.74) is 1.73. The van der Waals surface area contributed by atoms with Crippen LogP contribution >= 0.6 is 11.6 Å². The van der Waals surface area contributed by atoms with Crippen molar-refractivity contribution in [2.45, 2.75) is 6.92 Å². The van der Waals surface area contributed by atoms with Crippen molar-refractivity contribution in [1.82, 2.24) is 9.97 Å². The molecular formula is C14H13ClN4O. The van der Waals surface area contributed by atoms with Crippen LogP contribution in [-0.2, 0) is 4.79 Å². The number of carbonyl (C=O) groups excluding carboxylic acids is 1. The average molecular weight is 289 g/mol. The highest BCUT2D eigenvalue weighted by atomic mass is 35.5. The first-order valence-corrected chi connectivity index (χ1v) is 6.24. The molecule has 102 valence electrons. The molecule has 0 saturated heterocycles. The Kier molecular flexibility index (Phi) is 4.32. The minimum atomic E-state index is -0.243. The average Bonchev–Trinajstić information content (AvgIpc) is 2.43. The van der Waals surface area contributed by atoms with E-state index in [1.54, 1.807) is 13.0 Å². The molecule has 1 aromatic carbocycles. The van der Waals surface area contributed by atoms with Crippen molar-refractivity contribution in [2.75, 3.05) is 10.6 Å². The number of amides is 1. The van der Waals surface area contributed by atoms with E-state index in [0.717, 1.165) is 0 Å². The van der Waals surface area contributed by atoms with E-state index >= 15 is 0 Å². The zero-order valence-electron chi connectivity index (χ0n) is 10.9. The van der Waals surface area contributed by atoms with Crippen LogP contribution in [0.2, 0.25) is 5.02 Å². The van der Waals surface area contributed by atoms with Crippen LogP contribution in [0, 0.1) is 0 Å². The zero-order valence-corrected chi connectivity index (χ0v) is 11.6. The molecule has 0 radical (unpaired) electrons. The number of rotatable bonds is 4. The Morgan fingerprint density at radius 2 is 2.00 bits per heavy atom. The Morgan fingerprint density at radius 1 is 1.30 bits per heavy atom. The summed E-state index contributed by atoms with van der Waals surface area (Å²) in [5.74, 6) is 0.228. The molecule has 0 aliphatic carbocycles. The van der Waals surface area contributed by atoms with Gasteiger partial charge in [0.2, 0.25) is 0 Å². The maximum absolute atomic E-state index is 11.7. The third-order valence-electron chi connectivity index (χ3n) is 2.48. The molecule has 0 spiro atoms. The normalized spacial score (nSPS) is 9.90. The van der Waals surface area contributed by atoms with E-state index in [-0.39, 0.29) is 5.91 Å². The van der Waals surface area contributed by atoms with Gasteiger partial charge < -0.3 is 10.6 Å². The number of benzene rings is 1. The lowest BCUT2D eigenvalue weighted by Crippen LogP contribution is -2.13. The molecule has 0 atom stereocenters. The van der Waals surface area contributed by atoms with E-state index in [1.165, 1.54) is 12.5 Å². The van der Waals surface area contributed by atoms with Gasteiger partial charge in [-0.2, -0.15) is 0 Å². The monoisotopic (exact) mass is 288 g/mol. The molecule has 0 saturated carbocycles. The van der Waals surface area contributed by atoms with Crippen LogP contribution in [0.4, 0.5) is 17.2 Å². The quantitative estimate of drug-likeness (QED) is 0.846. The predicted molar refractivity (Wildman–Crippen MR) is 80.2 cm³/mol. The summed E-state index contributed by atoms with van der Waals surface area (Å²) in [6.07, 6.45) is 2.88. The molecule has 0 bridgehead atoms. The number of hydrogen-bond donors (Lipinski definition) is 2. The van der Waals surface area contributed by atoms with Crippen molar-refractivity contribution in [1.29, 1.82) is 0 Å². The Bertz CT molecular complexity index is 657. The summed E-state index contributed by atoms with van der Waals surface area (Å²) in [4.78, 5) is 19.6. The van der Waals surface area contributed by atoms with Crippen LogP contribution in [0.1, 0.15) is 6.92 Å². The van der Waals surface area contributed by atoms with Crippen molar-refractivity contribution < 1.29 is 4.79 Å². The molecule has 1 amide bonds. The fourth-order valence-electron chi connectivity index (χ4n) is 1.46. The molecule has 2 aromatic rings. The largest absolute Gasteiger partial charge is 0.337 e. The zero-order chi connectivity index (χ0) is 14.5. The minimum absolute atomic E-state index is 0.243. The van der Waals surface area contributed by atoms with Crippen LogP contribution in [0.5, 0.6) is 0 Å². The fraction of sp³-hybridized carbons (Fsp3) is 0.0714. The van der Waals surface area contributed by atoms with Gasteiger partial charge in [-0.1, -0.05) is 30.3 Å². The van der Waals surface area contributed by atoms with Crippen LogP contribution in [-0.4, -0.2) is 15.9 Å². The molecule has 20 heavy (non-hydrogen) atoms. The molecule has 5 nitrogen and oxygen atoms in total. The summed E-state index contributed by atoms with van der Waals surface area (Å²) < 4.78 is 0. The standard InChI is InChI=1S/C14H13ClN4O/c1-9(2)14(20)19-12-6-4-3-5-11(12)18-13-10(15)7-16-8-17-13/h3-8H,1H2,2H3,(H,19,20)(H,16,17,18). The SMILES string of the molecule is C=C(C)C(=O)Nc1ccccc1Nc1ncncc1Cl. The van der Waals surface area contributed by atoms with Gasteiger partial charge in [0, 0.05) is 5.57 Å². The number of para-hydroxylation sites is 2. The Labute approximate surface area is 121 Å². The van der Waals surface area contributed by atoms with E-state index in [9.17, 15) is 4.79 Å². The summed E-state index contributed by atoms with van der Waals surface area (Å²) in [6, 6.07) is 7.25. The molecule has 0 unspecified atom stereocenters. The lowest BCUT2D eigenvalue weighted by Gasteiger charge is -2.13. The molecular weight excluding hydrogens is 276 g/mol. The highest BCUT2D eigenvalue weighted by Crippen LogP contribution is 2.27. The summed E-state index contributed by atoms with van der Waals surface area (Å²) in [6.45, 7) is 5.25. The van der Waals surface area contributed by atoms with E-state index in [2.05, 4.69) is 27.2 Å². The van der Waals surface area contributed by atoms with E-state index in [0.29, 0.717) is 27.8 Å². The summed E-state index contributed by atoms with van der Waals surface area (Å²) in [5, 5.41) is 6.22. The van der Waals surface area contributed by atoms with Gasteiger partial charge in [-0.15, -0.1) is 0 Å². The lowest BCUT2D eigenvalue weighted by molar-refractivity contribution is -0.112. The van der Waals surface area contributed by atoms with Gasteiger partial charge in [0.1, 0.15) is 11.3 Å². The first kappa shape index (κ1) is 14.0. The van der Waals surface area contributed by atoms with Gasteiger partial charge in [0.15, 0.2) is 5.82 Å². The molecule has 0 fully saturated rings. The van der Waals surface area contributed by atoms with Crippen molar-refractivity contribution in [3.63, 3.8) is 0 Å². The van der Waals surface area contributed by atoms with Gasteiger partial charge in [-0.3, -0.25) is 4.79 Å².